The van der Waals surface area contributed by atoms with Crippen LogP contribution in [0.3, 0.4) is 0 Å². The normalized spacial score (nSPS) is 15.3. The van der Waals surface area contributed by atoms with Gasteiger partial charge < -0.3 is 4.98 Å². The SMILES string of the molecule is O=C(c1ccc[nH]1)c1cc2c(s1)CCCCC2. The standard InChI is InChI=1S/C14H15NOS/c16-14(11-6-4-8-15-11)13-9-10-5-2-1-3-7-12(10)17-13/h4,6,8-9,15H,1-3,5,7H2. The number of thiophene rings is 1. The molecule has 2 aromatic rings. The van der Waals surface area contributed by atoms with Crippen molar-refractivity contribution in [2.75, 3.05) is 0 Å². The molecule has 88 valence electrons. The molecule has 0 bridgehead atoms. The molecule has 0 radical (unpaired) electrons. The van der Waals surface area contributed by atoms with E-state index in [0.29, 0.717) is 5.69 Å². The van der Waals surface area contributed by atoms with Crippen LogP contribution < -0.4 is 0 Å². The van der Waals surface area contributed by atoms with Crippen molar-refractivity contribution in [3.63, 3.8) is 0 Å². The van der Waals surface area contributed by atoms with Gasteiger partial charge in [-0.1, -0.05) is 6.42 Å². The third-order valence-electron chi connectivity index (χ3n) is 3.31. The lowest BCUT2D eigenvalue weighted by Gasteiger charge is -1.94. The number of carbonyl (C=O) groups excluding carboxylic acids is 1. The first kappa shape index (κ1) is 10.8. The largest absolute Gasteiger partial charge is 0.358 e. The highest BCUT2D eigenvalue weighted by molar-refractivity contribution is 7.14. The van der Waals surface area contributed by atoms with Crippen LogP contribution in [0.1, 0.15) is 45.1 Å². The second-order valence-corrected chi connectivity index (χ2v) is 5.67. The van der Waals surface area contributed by atoms with Crippen molar-refractivity contribution in [3.05, 3.63) is 45.4 Å². The van der Waals surface area contributed by atoms with Crippen molar-refractivity contribution in [2.45, 2.75) is 32.1 Å². The molecule has 17 heavy (non-hydrogen) atoms. The maximum Gasteiger partial charge on any atom is 0.219 e. The first-order chi connectivity index (χ1) is 8.34. The summed E-state index contributed by atoms with van der Waals surface area (Å²) in [6.07, 6.45) is 7.94. The van der Waals surface area contributed by atoms with Crippen molar-refractivity contribution in [1.29, 1.82) is 0 Å². The van der Waals surface area contributed by atoms with Crippen LogP contribution in [0.5, 0.6) is 0 Å². The highest BCUT2D eigenvalue weighted by atomic mass is 32.1. The average Bonchev–Trinajstić information content (AvgIpc) is 2.95. The number of aryl methyl sites for hydroxylation is 2. The third kappa shape index (κ3) is 2.07. The quantitative estimate of drug-likeness (QED) is 0.636. The zero-order valence-corrected chi connectivity index (χ0v) is 10.5. The Labute approximate surface area is 105 Å². The summed E-state index contributed by atoms with van der Waals surface area (Å²) in [5.74, 6) is 0.132. The van der Waals surface area contributed by atoms with Crippen LogP contribution in [0.25, 0.3) is 0 Å². The average molecular weight is 245 g/mol. The molecule has 0 spiro atoms. The fourth-order valence-electron chi connectivity index (χ4n) is 2.38. The van der Waals surface area contributed by atoms with Crippen LogP contribution in [-0.2, 0) is 12.8 Å². The molecule has 2 nitrogen and oxygen atoms in total. The molecule has 2 heterocycles. The van der Waals surface area contributed by atoms with Gasteiger partial charge in [0.05, 0.1) is 10.6 Å². The summed E-state index contributed by atoms with van der Waals surface area (Å²) in [7, 11) is 0. The molecule has 3 rings (SSSR count). The van der Waals surface area contributed by atoms with Crippen LogP contribution in [-0.4, -0.2) is 10.8 Å². The Hall–Kier alpha value is -1.35. The topological polar surface area (TPSA) is 32.9 Å². The van der Waals surface area contributed by atoms with E-state index in [0.717, 1.165) is 17.7 Å². The van der Waals surface area contributed by atoms with Crippen LogP contribution in [0.2, 0.25) is 0 Å². The number of aromatic nitrogens is 1. The molecule has 0 amide bonds. The molecular weight excluding hydrogens is 230 g/mol. The van der Waals surface area contributed by atoms with Gasteiger partial charge in [0.15, 0.2) is 0 Å². The number of hydrogen-bond acceptors (Lipinski definition) is 2. The summed E-state index contributed by atoms with van der Waals surface area (Å²) in [4.78, 5) is 17.5. The Morgan fingerprint density at radius 1 is 1.24 bits per heavy atom. The van der Waals surface area contributed by atoms with Gasteiger partial charge in [-0.25, -0.2) is 0 Å². The summed E-state index contributed by atoms with van der Waals surface area (Å²) >= 11 is 1.69. The molecular formula is C14H15NOS. The number of rotatable bonds is 2. The number of carbonyl (C=O) groups is 1. The number of ketones is 1. The summed E-state index contributed by atoms with van der Waals surface area (Å²) in [5, 5.41) is 0. The van der Waals surface area contributed by atoms with Crippen LogP contribution in [0.15, 0.2) is 24.4 Å². The zero-order chi connectivity index (χ0) is 11.7. The molecule has 1 N–H and O–H groups in total. The van der Waals surface area contributed by atoms with E-state index in [-0.39, 0.29) is 5.78 Å². The molecule has 1 aliphatic rings. The van der Waals surface area contributed by atoms with E-state index in [1.54, 1.807) is 17.5 Å². The van der Waals surface area contributed by atoms with Gasteiger partial charge in [0, 0.05) is 11.1 Å². The maximum atomic E-state index is 12.2. The highest BCUT2D eigenvalue weighted by Gasteiger charge is 2.17. The number of H-pyrrole nitrogens is 1. The highest BCUT2D eigenvalue weighted by Crippen LogP contribution is 2.30. The molecule has 0 unspecified atom stereocenters. The van der Waals surface area contributed by atoms with E-state index in [1.165, 1.54) is 29.7 Å². The van der Waals surface area contributed by atoms with E-state index >= 15 is 0 Å². The van der Waals surface area contributed by atoms with Crippen molar-refractivity contribution < 1.29 is 4.79 Å². The smallest absolute Gasteiger partial charge is 0.219 e. The minimum absolute atomic E-state index is 0.132. The Kier molecular flexibility index (Phi) is 2.85. The van der Waals surface area contributed by atoms with Gasteiger partial charge in [0.2, 0.25) is 5.78 Å². The summed E-state index contributed by atoms with van der Waals surface area (Å²) < 4.78 is 0. The van der Waals surface area contributed by atoms with E-state index < -0.39 is 0 Å². The third-order valence-corrected chi connectivity index (χ3v) is 4.55. The Bertz CT molecular complexity index is 501. The lowest BCUT2D eigenvalue weighted by Crippen LogP contribution is -1.98. The minimum atomic E-state index is 0.132. The number of nitrogens with one attached hydrogen (secondary N) is 1. The molecule has 0 aromatic carbocycles. The van der Waals surface area contributed by atoms with Gasteiger partial charge in [0.25, 0.3) is 0 Å². The second kappa shape index (κ2) is 4.49. The Morgan fingerprint density at radius 3 is 2.94 bits per heavy atom. The molecule has 1 aliphatic carbocycles. The molecule has 0 saturated heterocycles. The van der Waals surface area contributed by atoms with Crippen molar-refractivity contribution in [2.24, 2.45) is 0 Å². The van der Waals surface area contributed by atoms with E-state index in [2.05, 4.69) is 11.1 Å². The van der Waals surface area contributed by atoms with E-state index in [4.69, 9.17) is 0 Å². The Balaban J connectivity index is 1.92. The summed E-state index contributed by atoms with van der Waals surface area (Å²) in [6.45, 7) is 0. The lowest BCUT2D eigenvalue weighted by molar-refractivity contribution is 0.103. The fourth-order valence-corrected chi connectivity index (χ4v) is 3.59. The van der Waals surface area contributed by atoms with Crippen molar-refractivity contribution in [3.8, 4) is 0 Å². The van der Waals surface area contributed by atoms with Crippen LogP contribution in [0.4, 0.5) is 0 Å². The van der Waals surface area contributed by atoms with Gasteiger partial charge in [-0.3, -0.25) is 4.79 Å². The second-order valence-electron chi connectivity index (χ2n) is 4.53. The van der Waals surface area contributed by atoms with Crippen LogP contribution >= 0.6 is 11.3 Å². The fraction of sp³-hybridized carbons (Fsp3) is 0.357. The number of fused-ring (bicyclic) bond motifs is 1. The van der Waals surface area contributed by atoms with Gasteiger partial charge in [-0.15, -0.1) is 11.3 Å². The lowest BCUT2D eigenvalue weighted by atomic mass is 10.1. The first-order valence-electron chi connectivity index (χ1n) is 6.14. The van der Waals surface area contributed by atoms with Gasteiger partial charge in [-0.05, 0) is 49.4 Å². The van der Waals surface area contributed by atoms with E-state index in [1.807, 2.05) is 12.1 Å². The Morgan fingerprint density at radius 2 is 2.12 bits per heavy atom. The monoisotopic (exact) mass is 245 g/mol. The predicted octanol–water partition coefficient (Wildman–Crippen LogP) is 3.58. The van der Waals surface area contributed by atoms with Gasteiger partial charge in [-0.2, -0.15) is 0 Å². The molecule has 0 fully saturated rings. The summed E-state index contributed by atoms with van der Waals surface area (Å²) in [6, 6.07) is 5.81. The van der Waals surface area contributed by atoms with Gasteiger partial charge in [0.1, 0.15) is 0 Å². The predicted molar refractivity (Wildman–Crippen MR) is 69.8 cm³/mol. The number of hydrogen-bond donors (Lipinski definition) is 1. The van der Waals surface area contributed by atoms with Crippen LogP contribution in [0, 0.1) is 0 Å². The summed E-state index contributed by atoms with van der Waals surface area (Å²) in [5.41, 5.74) is 2.10. The number of aromatic amines is 1. The molecule has 0 aliphatic heterocycles. The van der Waals surface area contributed by atoms with Crippen molar-refractivity contribution in [1.82, 2.24) is 4.98 Å². The molecule has 3 heteroatoms. The maximum absolute atomic E-state index is 12.2. The van der Waals surface area contributed by atoms with E-state index in [9.17, 15) is 4.79 Å². The van der Waals surface area contributed by atoms with Crippen molar-refractivity contribution >= 4 is 17.1 Å². The minimum Gasteiger partial charge on any atom is -0.358 e. The molecule has 0 saturated carbocycles. The zero-order valence-electron chi connectivity index (χ0n) is 9.66. The van der Waals surface area contributed by atoms with Gasteiger partial charge >= 0.3 is 0 Å². The first-order valence-corrected chi connectivity index (χ1v) is 6.96. The molecule has 0 atom stereocenters. The molecule has 2 aromatic heterocycles.